The molecule has 0 bridgehead atoms. The van der Waals surface area contributed by atoms with Crippen LogP contribution in [-0.2, 0) is 11.2 Å². The van der Waals surface area contributed by atoms with Crippen LogP contribution in [0.25, 0.3) is 10.9 Å². The molecule has 3 N–H and O–H groups in total. The van der Waals surface area contributed by atoms with Crippen molar-refractivity contribution in [2.75, 3.05) is 19.6 Å². The molecule has 0 unspecified atom stereocenters. The molecule has 1 aromatic carbocycles. The van der Waals surface area contributed by atoms with Crippen LogP contribution >= 0.6 is 11.6 Å². The van der Waals surface area contributed by atoms with Crippen molar-refractivity contribution in [3.05, 3.63) is 35.0 Å². The lowest BCUT2D eigenvalue weighted by Gasteiger charge is -2.08. The summed E-state index contributed by atoms with van der Waals surface area (Å²) >= 11 is 5.94. The lowest BCUT2D eigenvalue weighted by Crippen LogP contribution is -2.38. The SMILES string of the molecule is O=C(CNCC(F)(F)F)NCCc1c[nH]c2ccc(Cl)cc12. The minimum Gasteiger partial charge on any atom is -0.361 e. The summed E-state index contributed by atoms with van der Waals surface area (Å²) in [5.74, 6) is -0.470. The predicted molar refractivity (Wildman–Crippen MR) is 78.9 cm³/mol. The number of fused-ring (bicyclic) bond motifs is 1. The second-order valence-corrected chi connectivity index (χ2v) is 5.26. The Kier molecular flexibility index (Phi) is 5.31. The van der Waals surface area contributed by atoms with Crippen molar-refractivity contribution >= 4 is 28.4 Å². The van der Waals surface area contributed by atoms with Gasteiger partial charge in [0.25, 0.3) is 0 Å². The van der Waals surface area contributed by atoms with Crippen LogP contribution in [0.5, 0.6) is 0 Å². The van der Waals surface area contributed by atoms with Gasteiger partial charge in [-0.15, -0.1) is 0 Å². The molecule has 1 amide bonds. The first-order chi connectivity index (χ1) is 10.3. The highest BCUT2D eigenvalue weighted by Crippen LogP contribution is 2.22. The zero-order chi connectivity index (χ0) is 16.2. The molecule has 0 saturated heterocycles. The smallest absolute Gasteiger partial charge is 0.361 e. The van der Waals surface area contributed by atoms with Crippen molar-refractivity contribution in [1.29, 1.82) is 0 Å². The quantitative estimate of drug-likeness (QED) is 0.761. The fraction of sp³-hybridized carbons (Fsp3) is 0.357. The van der Waals surface area contributed by atoms with Crippen molar-refractivity contribution in [2.45, 2.75) is 12.6 Å². The van der Waals surface area contributed by atoms with Crippen LogP contribution in [0.15, 0.2) is 24.4 Å². The number of carbonyl (C=O) groups excluding carboxylic acids is 1. The van der Waals surface area contributed by atoms with Crippen LogP contribution in [0.1, 0.15) is 5.56 Å². The molecular formula is C14H15ClF3N3O. The number of amides is 1. The first-order valence-corrected chi connectivity index (χ1v) is 7.02. The van der Waals surface area contributed by atoms with Gasteiger partial charge in [0.1, 0.15) is 0 Å². The number of benzene rings is 1. The van der Waals surface area contributed by atoms with Gasteiger partial charge < -0.3 is 15.6 Å². The van der Waals surface area contributed by atoms with Crippen LogP contribution in [0.2, 0.25) is 5.02 Å². The minimum atomic E-state index is -4.32. The normalized spacial score (nSPS) is 11.8. The third-order valence-corrected chi connectivity index (χ3v) is 3.29. The maximum atomic E-state index is 11.9. The summed E-state index contributed by atoms with van der Waals surface area (Å²) in [6, 6.07) is 5.47. The highest BCUT2D eigenvalue weighted by molar-refractivity contribution is 6.31. The Morgan fingerprint density at radius 1 is 1.32 bits per heavy atom. The topological polar surface area (TPSA) is 56.9 Å². The Morgan fingerprint density at radius 2 is 2.09 bits per heavy atom. The van der Waals surface area contributed by atoms with E-state index in [1.165, 1.54) is 0 Å². The first-order valence-electron chi connectivity index (χ1n) is 6.65. The van der Waals surface area contributed by atoms with Crippen LogP contribution in [-0.4, -0.2) is 36.7 Å². The summed E-state index contributed by atoms with van der Waals surface area (Å²) in [7, 11) is 0. The van der Waals surface area contributed by atoms with Gasteiger partial charge in [-0.25, -0.2) is 0 Å². The van der Waals surface area contributed by atoms with Crippen LogP contribution in [0.4, 0.5) is 13.2 Å². The molecule has 2 aromatic rings. The van der Waals surface area contributed by atoms with Gasteiger partial charge in [-0.3, -0.25) is 4.79 Å². The number of aromatic amines is 1. The zero-order valence-electron chi connectivity index (χ0n) is 11.6. The lowest BCUT2D eigenvalue weighted by molar-refractivity contribution is -0.128. The van der Waals surface area contributed by atoms with Gasteiger partial charge in [0.2, 0.25) is 5.91 Å². The number of halogens is 4. The van der Waals surface area contributed by atoms with Gasteiger partial charge in [0, 0.05) is 28.7 Å². The molecule has 0 aliphatic heterocycles. The van der Waals surface area contributed by atoms with Crippen molar-refractivity contribution in [3.63, 3.8) is 0 Å². The maximum Gasteiger partial charge on any atom is 0.401 e. The van der Waals surface area contributed by atoms with E-state index in [4.69, 9.17) is 11.6 Å². The fourth-order valence-electron chi connectivity index (χ4n) is 2.07. The number of H-pyrrole nitrogens is 1. The Labute approximate surface area is 130 Å². The van der Waals surface area contributed by atoms with Crippen LogP contribution in [0, 0.1) is 0 Å². The number of carbonyl (C=O) groups is 1. The third kappa shape index (κ3) is 4.92. The molecule has 1 heterocycles. The van der Waals surface area contributed by atoms with Crippen molar-refractivity contribution in [3.8, 4) is 0 Å². The van der Waals surface area contributed by atoms with Gasteiger partial charge in [0.05, 0.1) is 13.1 Å². The van der Waals surface area contributed by atoms with E-state index in [-0.39, 0.29) is 6.54 Å². The number of rotatable bonds is 6. The molecule has 4 nitrogen and oxygen atoms in total. The molecule has 0 atom stereocenters. The molecule has 0 radical (unpaired) electrons. The van der Waals surface area contributed by atoms with Gasteiger partial charge in [-0.05, 0) is 30.2 Å². The summed E-state index contributed by atoms with van der Waals surface area (Å²) in [5.41, 5.74) is 1.93. The van der Waals surface area contributed by atoms with Crippen molar-refractivity contribution < 1.29 is 18.0 Å². The van der Waals surface area contributed by atoms with Gasteiger partial charge in [-0.1, -0.05) is 11.6 Å². The Bertz CT molecular complexity index is 654. The maximum absolute atomic E-state index is 11.9. The van der Waals surface area contributed by atoms with E-state index >= 15 is 0 Å². The van der Waals surface area contributed by atoms with Crippen LogP contribution in [0.3, 0.4) is 0 Å². The average Bonchev–Trinajstić information content (AvgIpc) is 2.80. The van der Waals surface area contributed by atoms with Gasteiger partial charge in [-0.2, -0.15) is 13.2 Å². The van der Waals surface area contributed by atoms with E-state index in [2.05, 4.69) is 10.3 Å². The summed E-state index contributed by atoms with van der Waals surface area (Å²) in [6.07, 6.45) is -1.93. The van der Waals surface area contributed by atoms with Gasteiger partial charge in [0.15, 0.2) is 0 Å². The first kappa shape index (κ1) is 16.6. The molecule has 0 aliphatic carbocycles. The number of nitrogens with one attached hydrogen (secondary N) is 3. The summed E-state index contributed by atoms with van der Waals surface area (Å²) in [4.78, 5) is 14.5. The van der Waals surface area contributed by atoms with E-state index < -0.39 is 18.6 Å². The van der Waals surface area contributed by atoms with E-state index in [9.17, 15) is 18.0 Å². The standard InChI is InChI=1S/C14H15ClF3N3O/c15-10-1-2-12-11(5-10)9(6-21-12)3-4-20-13(22)7-19-8-14(16,17)18/h1-2,5-6,19,21H,3-4,7-8H2,(H,20,22). The zero-order valence-corrected chi connectivity index (χ0v) is 12.3. The van der Waals surface area contributed by atoms with Crippen molar-refractivity contribution in [2.24, 2.45) is 0 Å². The third-order valence-electron chi connectivity index (χ3n) is 3.06. The summed E-state index contributed by atoms with van der Waals surface area (Å²) in [6.45, 7) is -1.20. The highest BCUT2D eigenvalue weighted by Gasteiger charge is 2.26. The Hall–Kier alpha value is -1.73. The molecule has 0 aliphatic rings. The monoisotopic (exact) mass is 333 g/mol. The number of hydrogen-bond donors (Lipinski definition) is 3. The molecule has 22 heavy (non-hydrogen) atoms. The molecular weight excluding hydrogens is 319 g/mol. The van der Waals surface area contributed by atoms with E-state index in [1.807, 2.05) is 23.6 Å². The molecule has 2 rings (SSSR count). The number of alkyl halides is 3. The van der Waals surface area contributed by atoms with Gasteiger partial charge >= 0.3 is 6.18 Å². The summed E-state index contributed by atoms with van der Waals surface area (Å²) in [5, 5.41) is 6.20. The van der Waals surface area contributed by atoms with E-state index in [1.54, 1.807) is 6.07 Å². The fourth-order valence-corrected chi connectivity index (χ4v) is 2.25. The highest BCUT2D eigenvalue weighted by atomic mass is 35.5. The number of hydrogen-bond acceptors (Lipinski definition) is 2. The lowest BCUT2D eigenvalue weighted by atomic mass is 10.1. The largest absolute Gasteiger partial charge is 0.401 e. The van der Waals surface area contributed by atoms with E-state index in [0.717, 1.165) is 16.5 Å². The minimum absolute atomic E-state index is 0.339. The second-order valence-electron chi connectivity index (χ2n) is 4.82. The molecule has 8 heteroatoms. The summed E-state index contributed by atoms with van der Waals surface area (Å²) < 4.78 is 35.7. The molecule has 120 valence electrons. The number of aromatic nitrogens is 1. The average molecular weight is 334 g/mol. The van der Waals surface area contributed by atoms with Crippen LogP contribution < -0.4 is 10.6 Å². The Balaban J connectivity index is 1.78. The molecule has 0 fully saturated rings. The predicted octanol–water partition coefficient (Wildman–Crippen LogP) is 2.63. The van der Waals surface area contributed by atoms with Crippen molar-refractivity contribution in [1.82, 2.24) is 15.6 Å². The molecule has 0 saturated carbocycles. The van der Waals surface area contributed by atoms with E-state index in [0.29, 0.717) is 18.0 Å². The second kappa shape index (κ2) is 7.02. The molecule has 1 aromatic heterocycles. The molecule has 0 spiro atoms. The Morgan fingerprint density at radius 3 is 2.82 bits per heavy atom.